The zero-order chi connectivity index (χ0) is 58.5. The SMILES string of the molecule is CC/C=C\C/C=C\C/C=C\C/C=C\C/C=C\CCCC(=O)OC(COC(=O)CCCCCC/C=C\C/C=C\C/C=C\C/C=C\CC)COC(=O)CCCCCCCCCCCCCCCCCCCCCCCCCCCCCCC. The second-order valence-electron chi connectivity index (χ2n) is 22.7. The van der Waals surface area contributed by atoms with Crippen LogP contribution in [0.1, 0.15) is 329 Å². The minimum atomic E-state index is -0.821. The van der Waals surface area contributed by atoms with Gasteiger partial charge in [-0.3, -0.25) is 14.4 Å². The highest BCUT2D eigenvalue weighted by Gasteiger charge is 2.19. The Morgan fingerprint density at radius 1 is 0.259 bits per heavy atom. The average Bonchev–Trinajstić information content (AvgIpc) is 3.47. The molecule has 0 aliphatic rings. The third kappa shape index (κ3) is 66.8. The standard InChI is InChI=1S/C75H128O6/c1-4-7-10-13-16-19-22-25-28-31-32-33-34-35-36-37-38-39-40-41-42-45-47-50-53-56-59-62-65-68-74(77)80-71-72(81-75(78)69-66-63-60-57-54-51-48-44-30-27-24-21-18-15-12-9-6-3)70-79-73(76)67-64-61-58-55-52-49-46-43-29-26-23-20-17-14-11-8-5-2/h8-9,11-12,17-18,20-21,26-27,29-30,46,48-49,51,57,60,72H,4-7,10,13-16,19,22-25,28,31-45,47,50,52-56,58-59,61-71H2,1-3H3/b11-8-,12-9-,20-17-,21-18-,29-26-,30-27-,49-46-,51-48-,60-57-. The van der Waals surface area contributed by atoms with Gasteiger partial charge < -0.3 is 14.2 Å². The van der Waals surface area contributed by atoms with Gasteiger partial charge in [0.2, 0.25) is 0 Å². The normalized spacial score (nSPS) is 12.8. The summed E-state index contributed by atoms with van der Waals surface area (Å²) in [6.07, 6.45) is 94.2. The van der Waals surface area contributed by atoms with E-state index in [0.717, 1.165) is 116 Å². The van der Waals surface area contributed by atoms with Gasteiger partial charge in [0.25, 0.3) is 0 Å². The van der Waals surface area contributed by atoms with Gasteiger partial charge in [0, 0.05) is 19.3 Å². The molecule has 0 radical (unpaired) electrons. The molecule has 6 heteroatoms. The highest BCUT2D eigenvalue weighted by atomic mass is 16.6. The summed E-state index contributed by atoms with van der Waals surface area (Å²) in [4.78, 5) is 38.4. The van der Waals surface area contributed by atoms with Crippen molar-refractivity contribution in [3.8, 4) is 0 Å². The molecular weight excluding hydrogens is 997 g/mol. The molecule has 0 aromatic rings. The number of unbranched alkanes of at least 4 members (excludes halogenated alkanes) is 33. The molecule has 6 nitrogen and oxygen atoms in total. The first-order chi connectivity index (χ1) is 40.0. The highest BCUT2D eigenvalue weighted by molar-refractivity contribution is 5.71. The number of esters is 3. The molecule has 0 saturated carbocycles. The van der Waals surface area contributed by atoms with Gasteiger partial charge in [-0.05, 0) is 96.3 Å². The van der Waals surface area contributed by atoms with Crippen molar-refractivity contribution in [2.24, 2.45) is 0 Å². The lowest BCUT2D eigenvalue weighted by atomic mass is 10.0. The van der Waals surface area contributed by atoms with Crippen molar-refractivity contribution in [3.05, 3.63) is 109 Å². The van der Waals surface area contributed by atoms with Crippen molar-refractivity contribution in [1.29, 1.82) is 0 Å². The summed E-state index contributed by atoms with van der Waals surface area (Å²) in [6, 6.07) is 0. The Morgan fingerprint density at radius 2 is 0.494 bits per heavy atom. The molecule has 0 aliphatic carbocycles. The van der Waals surface area contributed by atoms with E-state index in [-0.39, 0.29) is 37.5 Å². The molecule has 0 fully saturated rings. The number of carbonyl (C=O) groups is 3. The van der Waals surface area contributed by atoms with Crippen LogP contribution in [0.2, 0.25) is 0 Å². The number of allylic oxidation sites excluding steroid dienone is 18. The van der Waals surface area contributed by atoms with Crippen molar-refractivity contribution in [2.75, 3.05) is 13.2 Å². The van der Waals surface area contributed by atoms with Crippen LogP contribution in [0.4, 0.5) is 0 Å². The Kier molecular flexibility index (Phi) is 65.2. The van der Waals surface area contributed by atoms with E-state index in [1.165, 1.54) is 167 Å². The maximum absolute atomic E-state index is 12.9. The van der Waals surface area contributed by atoms with Crippen LogP contribution < -0.4 is 0 Å². The van der Waals surface area contributed by atoms with Crippen molar-refractivity contribution in [2.45, 2.75) is 335 Å². The highest BCUT2D eigenvalue weighted by Crippen LogP contribution is 2.18. The van der Waals surface area contributed by atoms with Crippen molar-refractivity contribution in [3.63, 3.8) is 0 Å². The van der Waals surface area contributed by atoms with Gasteiger partial charge in [0.1, 0.15) is 13.2 Å². The lowest BCUT2D eigenvalue weighted by Crippen LogP contribution is -2.30. The van der Waals surface area contributed by atoms with E-state index >= 15 is 0 Å². The summed E-state index contributed by atoms with van der Waals surface area (Å²) in [5.74, 6) is -0.981. The Bertz CT molecular complexity index is 1620. The minimum Gasteiger partial charge on any atom is -0.462 e. The predicted octanol–water partition coefficient (Wildman–Crippen LogP) is 23.8. The van der Waals surface area contributed by atoms with Gasteiger partial charge in [-0.1, -0.05) is 323 Å². The van der Waals surface area contributed by atoms with E-state index in [9.17, 15) is 14.4 Å². The van der Waals surface area contributed by atoms with E-state index in [1.54, 1.807) is 0 Å². The third-order valence-corrected chi connectivity index (χ3v) is 14.8. The largest absolute Gasteiger partial charge is 0.462 e. The number of hydrogen-bond donors (Lipinski definition) is 0. The number of ether oxygens (including phenoxy) is 3. The van der Waals surface area contributed by atoms with Crippen LogP contribution in [0.3, 0.4) is 0 Å². The van der Waals surface area contributed by atoms with Crippen LogP contribution in [-0.4, -0.2) is 37.2 Å². The molecule has 0 rings (SSSR count). The second-order valence-corrected chi connectivity index (χ2v) is 22.7. The quantitative estimate of drug-likeness (QED) is 0.0261. The van der Waals surface area contributed by atoms with Gasteiger partial charge >= 0.3 is 17.9 Å². The monoisotopic (exact) mass is 1120 g/mol. The summed E-state index contributed by atoms with van der Waals surface area (Å²) in [5, 5.41) is 0. The van der Waals surface area contributed by atoms with Crippen molar-refractivity contribution in [1.82, 2.24) is 0 Å². The van der Waals surface area contributed by atoms with Crippen molar-refractivity contribution < 1.29 is 28.6 Å². The summed E-state index contributed by atoms with van der Waals surface area (Å²) in [7, 11) is 0. The molecule has 0 aromatic carbocycles. The molecule has 81 heavy (non-hydrogen) atoms. The maximum atomic E-state index is 12.9. The van der Waals surface area contributed by atoms with Crippen LogP contribution in [0.5, 0.6) is 0 Å². The summed E-state index contributed by atoms with van der Waals surface area (Å²) in [5.41, 5.74) is 0. The molecular formula is C75H128O6. The molecule has 0 spiro atoms. The lowest BCUT2D eigenvalue weighted by molar-refractivity contribution is -0.167. The van der Waals surface area contributed by atoms with E-state index < -0.39 is 6.10 Å². The van der Waals surface area contributed by atoms with E-state index in [2.05, 4.69) is 130 Å². The van der Waals surface area contributed by atoms with E-state index in [1.807, 2.05) is 0 Å². The smallest absolute Gasteiger partial charge is 0.306 e. The van der Waals surface area contributed by atoms with Crippen LogP contribution in [-0.2, 0) is 28.6 Å². The minimum absolute atomic E-state index is 0.108. The summed E-state index contributed by atoms with van der Waals surface area (Å²) >= 11 is 0. The van der Waals surface area contributed by atoms with Gasteiger partial charge in [0.15, 0.2) is 6.10 Å². The van der Waals surface area contributed by atoms with Gasteiger partial charge in [0.05, 0.1) is 0 Å². The number of hydrogen-bond acceptors (Lipinski definition) is 6. The molecule has 1 atom stereocenters. The molecule has 0 bridgehead atoms. The molecule has 464 valence electrons. The average molecular weight is 1130 g/mol. The van der Waals surface area contributed by atoms with E-state index in [4.69, 9.17) is 14.2 Å². The first kappa shape index (κ1) is 77.1. The third-order valence-electron chi connectivity index (χ3n) is 14.8. The molecule has 0 N–H and O–H groups in total. The second kappa shape index (κ2) is 68.6. The molecule has 0 aliphatic heterocycles. The predicted molar refractivity (Wildman–Crippen MR) is 353 cm³/mol. The Hall–Kier alpha value is -3.93. The number of carbonyl (C=O) groups excluding carboxylic acids is 3. The fraction of sp³-hybridized carbons (Fsp3) is 0.720. The Labute approximate surface area is 501 Å². The summed E-state index contributed by atoms with van der Waals surface area (Å²) < 4.78 is 16.9. The first-order valence-corrected chi connectivity index (χ1v) is 34.4. The summed E-state index contributed by atoms with van der Waals surface area (Å²) in [6.45, 7) is 6.38. The topological polar surface area (TPSA) is 78.9 Å². The first-order valence-electron chi connectivity index (χ1n) is 34.4. The molecule has 0 saturated heterocycles. The number of rotatable bonds is 62. The van der Waals surface area contributed by atoms with Gasteiger partial charge in [-0.25, -0.2) is 0 Å². The van der Waals surface area contributed by atoms with Crippen molar-refractivity contribution >= 4 is 17.9 Å². The van der Waals surface area contributed by atoms with Gasteiger partial charge in [-0.15, -0.1) is 0 Å². The zero-order valence-corrected chi connectivity index (χ0v) is 53.3. The fourth-order valence-corrected chi connectivity index (χ4v) is 9.71. The van der Waals surface area contributed by atoms with Crippen LogP contribution in [0.15, 0.2) is 109 Å². The van der Waals surface area contributed by atoms with Crippen LogP contribution in [0, 0.1) is 0 Å². The van der Waals surface area contributed by atoms with Crippen LogP contribution >= 0.6 is 0 Å². The Balaban J connectivity index is 4.32. The molecule has 0 amide bonds. The molecule has 0 heterocycles. The molecule has 1 unspecified atom stereocenters. The zero-order valence-electron chi connectivity index (χ0n) is 53.3. The van der Waals surface area contributed by atoms with Gasteiger partial charge in [-0.2, -0.15) is 0 Å². The van der Waals surface area contributed by atoms with E-state index in [0.29, 0.717) is 19.3 Å². The van der Waals surface area contributed by atoms with Crippen LogP contribution in [0.25, 0.3) is 0 Å². The fourth-order valence-electron chi connectivity index (χ4n) is 9.71. The maximum Gasteiger partial charge on any atom is 0.306 e. The Morgan fingerprint density at radius 3 is 0.790 bits per heavy atom. The lowest BCUT2D eigenvalue weighted by Gasteiger charge is -2.18. The molecule has 0 aromatic heterocycles.